The molecule has 45 heavy (non-hydrogen) atoms. The van der Waals surface area contributed by atoms with Crippen LogP contribution in [0.2, 0.25) is 5.02 Å². The van der Waals surface area contributed by atoms with Gasteiger partial charge in [0.1, 0.15) is 10.6 Å². The highest BCUT2D eigenvalue weighted by Gasteiger charge is 2.46. The fourth-order valence-electron chi connectivity index (χ4n) is 4.75. The van der Waals surface area contributed by atoms with Crippen LogP contribution in [-0.2, 0) is 38.0 Å². The molecule has 0 saturated heterocycles. The molecule has 0 fully saturated rings. The SMILES string of the molecule is COC(=O)c1cccc(-c2cccc(CCN(Cc3ccc(C(F)(F)P(C)(C)=O)c(Cl)c3)S(=O)(=O)c3ccccc3OC)c2)c1. The molecule has 0 radical (unpaired) electrons. The monoisotopic (exact) mass is 675 g/mol. The van der Waals surface area contributed by atoms with Gasteiger partial charge in [0.25, 0.3) is 0 Å². The largest absolute Gasteiger partial charge is 0.495 e. The van der Waals surface area contributed by atoms with Crippen LogP contribution in [0.15, 0.2) is 95.9 Å². The van der Waals surface area contributed by atoms with E-state index in [9.17, 15) is 26.6 Å². The molecule has 0 atom stereocenters. The molecular formula is C33H33ClF2NO6PS. The summed E-state index contributed by atoms with van der Waals surface area (Å²) in [6.45, 7) is 1.83. The third kappa shape index (κ3) is 7.64. The lowest BCUT2D eigenvalue weighted by Gasteiger charge is -2.25. The van der Waals surface area contributed by atoms with Crippen molar-refractivity contribution >= 4 is 34.7 Å². The third-order valence-electron chi connectivity index (χ3n) is 7.27. The van der Waals surface area contributed by atoms with Crippen LogP contribution >= 0.6 is 18.7 Å². The Morgan fingerprint density at radius 1 is 0.889 bits per heavy atom. The molecule has 12 heteroatoms. The third-order valence-corrected chi connectivity index (χ3v) is 11.1. The van der Waals surface area contributed by atoms with Crippen molar-refractivity contribution in [3.63, 3.8) is 0 Å². The van der Waals surface area contributed by atoms with E-state index >= 15 is 0 Å². The number of para-hydroxylation sites is 1. The van der Waals surface area contributed by atoms with Crippen molar-refractivity contribution in [3.8, 4) is 16.9 Å². The van der Waals surface area contributed by atoms with Crippen molar-refractivity contribution in [1.82, 2.24) is 4.31 Å². The van der Waals surface area contributed by atoms with Crippen molar-refractivity contribution in [2.75, 3.05) is 34.1 Å². The topological polar surface area (TPSA) is 90.0 Å². The minimum absolute atomic E-state index is 0.0285. The molecule has 4 rings (SSSR count). The van der Waals surface area contributed by atoms with Gasteiger partial charge in [0.15, 0.2) is 7.14 Å². The molecule has 0 unspecified atom stereocenters. The van der Waals surface area contributed by atoms with Crippen LogP contribution in [0.3, 0.4) is 0 Å². The highest BCUT2D eigenvalue weighted by molar-refractivity contribution is 7.89. The minimum atomic E-state index is -4.15. The number of sulfonamides is 1. The smallest absolute Gasteiger partial charge is 0.337 e. The number of benzene rings is 4. The molecule has 4 aromatic rings. The normalized spacial score (nSPS) is 12.3. The molecular weight excluding hydrogens is 643 g/mol. The first-order chi connectivity index (χ1) is 21.2. The number of nitrogens with zero attached hydrogens (tertiary/aromatic N) is 1. The molecule has 0 aliphatic rings. The molecule has 0 bridgehead atoms. The van der Waals surface area contributed by atoms with Gasteiger partial charge in [-0.1, -0.05) is 72.3 Å². The summed E-state index contributed by atoms with van der Waals surface area (Å²) in [6, 6.07) is 24.4. The van der Waals surface area contributed by atoms with Gasteiger partial charge in [0.05, 0.1) is 24.8 Å². The van der Waals surface area contributed by atoms with E-state index in [-0.39, 0.29) is 28.8 Å². The second-order valence-corrected chi connectivity index (χ2v) is 16.3. The first-order valence-electron chi connectivity index (χ1n) is 13.8. The quantitative estimate of drug-likeness (QED) is 0.112. The Morgan fingerprint density at radius 2 is 1.56 bits per heavy atom. The number of hydrogen-bond donors (Lipinski definition) is 0. The molecule has 0 spiro atoms. The van der Waals surface area contributed by atoms with Crippen LogP contribution < -0.4 is 4.74 Å². The fraction of sp³-hybridized carbons (Fsp3) is 0.242. The number of alkyl halides is 2. The Hall–Kier alpha value is -3.56. The van der Waals surface area contributed by atoms with Gasteiger partial charge in [0.2, 0.25) is 10.0 Å². The molecule has 0 N–H and O–H groups in total. The highest BCUT2D eigenvalue weighted by atomic mass is 35.5. The number of carbonyl (C=O) groups excluding carboxylic acids is 1. The number of halogens is 3. The maximum absolute atomic E-state index is 14.9. The lowest BCUT2D eigenvalue weighted by Crippen LogP contribution is -2.33. The summed E-state index contributed by atoms with van der Waals surface area (Å²) in [5.74, 6) is -0.301. The molecule has 0 aliphatic carbocycles. The van der Waals surface area contributed by atoms with E-state index in [4.69, 9.17) is 21.1 Å². The molecule has 0 aliphatic heterocycles. The standard InChI is InChI=1S/C33H33ClF2NO6PS/c1-42-30-13-5-6-14-31(30)45(40,41)37(22-24-15-16-28(29(34)20-24)33(35,36)44(3,4)39)18-17-23-9-7-10-25(19-23)26-11-8-12-27(21-26)32(38)43-2/h5-16,19-21H,17-18,22H2,1-4H3. The number of methoxy groups -OCH3 is 2. The van der Waals surface area contributed by atoms with Gasteiger partial charge in [-0.25, -0.2) is 13.2 Å². The van der Waals surface area contributed by atoms with Gasteiger partial charge in [-0.15, -0.1) is 0 Å². The van der Waals surface area contributed by atoms with E-state index < -0.39 is 34.4 Å². The zero-order valence-corrected chi connectivity index (χ0v) is 27.6. The van der Waals surface area contributed by atoms with Gasteiger partial charge >= 0.3 is 11.6 Å². The van der Waals surface area contributed by atoms with E-state index in [2.05, 4.69) is 0 Å². The summed E-state index contributed by atoms with van der Waals surface area (Å²) in [5, 5.41) is -0.307. The maximum atomic E-state index is 14.9. The summed E-state index contributed by atoms with van der Waals surface area (Å²) < 4.78 is 81.4. The van der Waals surface area contributed by atoms with Crippen LogP contribution in [0, 0.1) is 0 Å². The average Bonchev–Trinajstić information content (AvgIpc) is 3.02. The number of carbonyl (C=O) groups is 1. The van der Waals surface area contributed by atoms with Crippen LogP contribution in [0.25, 0.3) is 11.1 Å². The van der Waals surface area contributed by atoms with Crippen LogP contribution in [-0.4, -0.2) is 52.8 Å². The Morgan fingerprint density at radius 3 is 2.20 bits per heavy atom. The molecule has 0 amide bonds. The van der Waals surface area contributed by atoms with Crippen molar-refractivity contribution in [1.29, 1.82) is 0 Å². The van der Waals surface area contributed by atoms with Crippen LogP contribution in [0.5, 0.6) is 5.75 Å². The van der Waals surface area contributed by atoms with Gasteiger partial charge in [-0.3, -0.25) is 0 Å². The summed E-state index contributed by atoms with van der Waals surface area (Å²) in [5.41, 5.74) is -1.02. The fourth-order valence-corrected chi connectivity index (χ4v) is 7.50. The summed E-state index contributed by atoms with van der Waals surface area (Å²) in [6.07, 6.45) is 0.303. The molecule has 7 nitrogen and oxygen atoms in total. The van der Waals surface area contributed by atoms with Crippen molar-refractivity contribution < 1.29 is 36.0 Å². The van der Waals surface area contributed by atoms with E-state index in [1.54, 1.807) is 36.4 Å². The van der Waals surface area contributed by atoms with Crippen molar-refractivity contribution in [2.45, 2.75) is 23.5 Å². The molecule has 4 aromatic carbocycles. The maximum Gasteiger partial charge on any atom is 0.337 e. The molecule has 238 valence electrons. The van der Waals surface area contributed by atoms with Gasteiger partial charge in [-0.2, -0.15) is 13.1 Å². The predicted molar refractivity (Wildman–Crippen MR) is 172 cm³/mol. The Balaban J connectivity index is 1.68. The summed E-state index contributed by atoms with van der Waals surface area (Å²) >= 11 is 6.25. The minimum Gasteiger partial charge on any atom is -0.495 e. The Bertz CT molecular complexity index is 1860. The molecule has 0 aromatic heterocycles. The average molecular weight is 676 g/mol. The zero-order chi connectivity index (χ0) is 33.0. The second-order valence-electron chi connectivity index (χ2n) is 10.7. The Labute approximate surface area is 267 Å². The van der Waals surface area contributed by atoms with Gasteiger partial charge < -0.3 is 14.0 Å². The van der Waals surface area contributed by atoms with Crippen molar-refractivity contribution in [3.05, 3.63) is 118 Å². The highest BCUT2D eigenvalue weighted by Crippen LogP contribution is 2.61. The predicted octanol–water partition coefficient (Wildman–Crippen LogP) is 7.91. The first kappa shape index (κ1) is 34.3. The van der Waals surface area contributed by atoms with E-state index in [0.717, 1.165) is 36.1 Å². The lowest BCUT2D eigenvalue weighted by molar-refractivity contribution is 0.0600. The molecule has 0 heterocycles. The number of esters is 1. The van der Waals surface area contributed by atoms with E-state index in [1.165, 1.54) is 36.7 Å². The number of ether oxygens (including phenoxy) is 2. The van der Waals surface area contributed by atoms with Crippen LogP contribution in [0.4, 0.5) is 8.78 Å². The number of hydrogen-bond acceptors (Lipinski definition) is 6. The Kier molecular flexibility index (Phi) is 10.5. The van der Waals surface area contributed by atoms with E-state index in [0.29, 0.717) is 17.5 Å². The molecule has 0 saturated carbocycles. The van der Waals surface area contributed by atoms with Crippen molar-refractivity contribution in [2.24, 2.45) is 0 Å². The summed E-state index contributed by atoms with van der Waals surface area (Å²) in [7, 11) is -5.34. The lowest BCUT2D eigenvalue weighted by atomic mass is 10.00. The number of rotatable bonds is 12. The summed E-state index contributed by atoms with van der Waals surface area (Å²) in [4.78, 5) is 12.0. The van der Waals surface area contributed by atoms with Crippen LogP contribution in [0.1, 0.15) is 27.0 Å². The zero-order valence-electron chi connectivity index (χ0n) is 25.2. The first-order valence-corrected chi connectivity index (χ1v) is 18.2. The van der Waals surface area contributed by atoms with E-state index in [1.807, 2.05) is 30.3 Å². The van der Waals surface area contributed by atoms with Gasteiger partial charge in [0, 0.05) is 18.7 Å². The van der Waals surface area contributed by atoms with Gasteiger partial charge in [-0.05, 0) is 72.3 Å². The second kappa shape index (κ2) is 13.8.